The summed E-state index contributed by atoms with van der Waals surface area (Å²) in [6.07, 6.45) is 15.1. The molecule has 5 aliphatic rings. The number of hydrogen-bond donors (Lipinski definition) is 0. The third-order valence-corrected chi connectivity index (χ3v) is 11.4. The minimum absolute atomic E-state index is 0. The van der Waals surface area contributed by atoms with E-state index in [1.165, 1.54) is 70.3 Å². The summed E-state index contributed by atoms with van der Waals surface area (Å²) in [4.78, 5) is 7.68. The van der Waals surface area contributed by atoms with Crippen molar-refractivity contribution in [1.82, 2.24) is 14.7 Å². The number of rotatable bonds is 3. The molecule has 0 unspecified atom stereocenters. The first-order chi connectivity index (χ1) is 22.1. The van der Waals surface area contributed by atoms with Crippen molar-refractivity contribution in [3.63, 3.8) is 0 Å². The normalized spacial score (nSPS) is 21.7. The van der Waals surface area contributed by atoms with Gasteiger partial charge in [0, 0.05) is 24.9 Å². The lowest BCUT2D eigenvalue weighted by atomic mass is 9.73. The molecule has 0 radical (unpaired) electrons. The molecule has 47 heavy (non-hydrogen) atoms. The van der Waals surface area contributed by atoms with Crippen molar-refractivity contribution in [1.29, 1.82) is 0 Å². The standard InChI is InChI=1S/C16H23N.C16H21N.C8H17N.C2H6.2CH4/c2*1-13(2)17-11-9-16(10-12-17)8-7-14-5-3-4-6-15(14)16;1-8(2)9-6-4-3-5-7-9;1-2;;/h3-6,13H,7-12H2,1-2H3;3-8,13H,9-12H2,1-2H3;8H,3-7H2,1-2H3;1-2H3;2*1H4/i;;3T;;;. The Labute approximate surface area is 294 Å². The van der Waals surface area contributed by atoms with E-state index in [2.05, 4.69) is 117 Å². The molecular weight excluding hydrogens is 571 g/mol. The van der Waals surface area contributed by atoms with Gasteiger partial charge in [0.05, 0.1) is 0 Å². The monoisotopic (exact) mass is 648 g/mol. The van der Waals surface area contributed by atoms with Crippen LogP contribution in [0.1, 0.15) is 145 Å². The molecule has 3 heteroatoms. The molecule has 2 spiro atoms. The Morgan fingerprint density at radius 1 is 0.596 bits per heavy atom. The number of likely N-dealkylation sites (tertiary alicyclic amines) is 3. The van der Waals surface area contributed by atoms with Crippen molar-refractivity contribution < 1.29 is 1.37 Å². The number of benzene rings is 2. The maximum Gasteiger partial charge on any atom is 0.0267 e. The summed E-state index contributed by atoms with van der Waals surface area (Å²) in [7, 11) is 0. The predicted molar refractivity (Wildman–Crippen MR) is 211 cm³/mol. The van der Waals surface area contributed by atoms with Crippen LogP contribution in [0.3, 0.4) is 0 Å². The van der Waals surface area contributed by atoms with Crippen LogP contribution in [-0.2, 0) is 17.3 Å². The van der Waals surface area contributed by atoms with Gasteiger partial charge in [-0.15, -0.1) is 0 Å². The van der Waals surface area contributed by atoms with Crippen LogP contribution < -0.4 is 0 Å². The molecule has 7 rings (SSSR count). The van der Waals surface area contributed by atoms with Crippen molar-refractivity contribution in [2.45, 2.75) is 157 Å². The molecule has 0 amide bonds. The quantitative estimate of drug-likeness (QED) is 0.328. The van der Waals surface area contributed by atoms with Gasteiger partial charge in [0.15, 0.2) is 0 Å². The van der Waals surface area contributed by atoms with Crippen molar-refractivity contribution in [2.24, 2.45) is 0 Å². The first-order valence-corrected chi connectivity index (χ1v) is 18.6. The fourth-order valence-electron chi connectivity index (χ4n) is 8.35. The number of piperidine rings is 3. The zero-order valence-electron chi connectivity index (χ0n) is 31.3. The minimum atomic E-state index is 0. The Morgan fingerprint density at radius 3 is 1.62 bits per heavy atom. The van der Waals surface area contributed by atoms with Gasteiger partial charge in [-0.25, -0.2) is 0 Å². The van der Waals surface area contributed by atoms with Crippen LogP contribution in [-0.4, -0.2) is 72.1 Å². The van der Waals surface area contributed by atoms with Crippen LogP contribution in [0, 0.1) is 0 Å². The van der Waals surface area contributed by atoms with E-state index in [0.717, 1.165) is 25.9 Å². The molecule has 2 aromatic rings. The molecule has 0 N–H and O–H groups in total. The van der Waals surface area contributed by atoms with Gasteiger partial charge in [-0.05, 0) is 160 Å². The molecule has 3 aliphatic heterocycles. The summed E-state index contributed by atoms with van der Waals surface area (Å²) < 4.78 is 7.48. The molecule has 2 aromatic carbocycles. The third-order valence-electron chi connectivity index (χ3n) is 11.4. The zero-order valence-corrected chi connectivity index (χ0v) is 30.3. The Bertz CT molecular complexity index is 1200. The highest BCUT2D eigenvalue weighted by Crippen LogP contribution is 2.46. The summed E-state index contributed by atoms with van der Waals surface area (Å²) in [5.41, 5.74) is 7.16. The van der Waals surface area contributed by atoms with E-state index in [1.807, 2.05) is 13.8 Å². The molecule has 0 bridgehead atoms. The lowest BCUT2D eigenvalue weighted by molar-refractivity contribution is 0.129. The second-order valence-corrected chi connectivity index (χ2v) is 14.8. The van der Waals surface area contributed by atoms with Crippen LogP contribution >= 0.6 is 0 Å². The van der Waals surface area contributed by atoms with Crippen molar-refractivity contribution in [2.75, 3.05) is 39.3 Å². The molecule has 0 atom stereocenters. The summed E-state index contributed by atoms with van der Waals surface area (Å²) in [6, 6.07) is 20.1. The average Bonchev–Trinajstić information content (AvgIpc) is 3.62. The van der Waals surface area contributed by atoms with E-state index in [4.69, 9.17) is 1.37 Å². The highest BCUT2D eigenvalue weighted by molar-refractivity contribution is 5.65. The second-order valence-electron chi connectivity index (χ2n) is 14.8. The van der Waals surface area contributed by atoms with Gasteiger partial charge in [-0.3, -0.25) is 0 Å². The topological polar surface area (TPSA) is 9.72 Å². The Kier molecular flexibility index (Phi) is 16.2. The summed E-state index contributed by atoms with van der Waals surface area (Å²) in [5.74, 6) is 0. The highest BCUT2D eigenvalue weighted by atomic mass is 15.2. The summed E-state index contributed by atoms with van der Waals surface area (Å²) >= 11 is 0. The van der Waals surface area contributed by atoms with Crippen LogP contribution in [0.5, 0.6) is 0 Å². The molecule has 3 heterocycles. The lowest BCUT2D eigenvalue weighted by Gasteiger charge is -2.41. The summed E-state index contributed by atoms with van der Waals surface area (Å²) in [5, 5.41) is 0. The Balaban J connectivity index is 0.000000247. The zero-order chi connectivity index (χ0) is 33.3. The van der Waals surface area contributed by atoms with Gasteiger partial charge in [-0.2, -0.15) is 0 Å². The van der Waals surface area contributed by atoms with Crippen LogP contribution in [0.2, 0.25) is 0 Å². The van der Waals surface area contributed by atoms with Gasteiger partial charge in [0.2, 0.25) is 0 Å². The molecule has 3 nitrogen and oxygen atoms in total. The Morgan fingerprint density at radius 2 is 1.06 bits per heavy atom. The molecule has 2 aliphatic carbocycles. The minimum Gasteiger partial charge on any atom is -0.301 e. The Hall–Kier alpha value is -1.94. The number of fused-ring (bicyclic) bond motifs is 4. The fraction of sp³-hybridized carbons (Fsp3) is 0.682. The fourth-order valence-corrected chi connectivity index (χ4v) is 8.35. The van der Waals surface area contributed by atoms with Gasteiger partial charge >= 0.3 is 0 Å². The molecule has 266 valence electrons. The molecule has 0 aromatic heterocycles. The van der Waals surface area contributed by atoms with E-state index in [-0.39, 0.29) is 21.3 Å². The van der Waals surface area contributed by atoms with E-state index < -0.39 is 0 Å². The maximum absolute atomic E-state index is 7.48. The predicted octanol–water partition coefficient (Wildman–Crippen LogP) is 11.0. The van der Waals surface area contributed by atoms with Crippen LogP contribution in [0.15, 0.2) is 54.6 Å². The van der Waals surface area contributed by atoms with E-state index in [9.17, 15) is 0 Å². The number of hydrogen-bond acceptors (Lipinski definition) is 3. The van der Waals surface area contributed by atoms with Crippen molar-refractivity contribution >= 4 is 6.08 Å². The van der Waals surface area contributed by atoms with Crippen molar-refractivity contribution in [3.05, 3.63) is 76.9 Å². The SMILES string of the molecule is C.C.CC.CC(C)N1CCC2(C=Cc3ccccc32)CC1.CC(C)N1CCC2(CCc3ccccc32)CC1.[3H]C1CCN(C(C)C)CC1. The highest BCUT2D eigenvalue weighted by Gasteiger charge is 2.41. The number of aryl methyl sites for hydroxylation is 1. The molecule has 3 fully saturated rings. The average molecular weight is 648 g/mol. The van der Waals surface area contributed by atoms with Crippen LogP contribution in [0.4, 0.5) is 0 Å². The van der Waals surface area contributed by atoms with Crippen LogP contribution in [0.25, 0.3) is 6.08 Å². The van der Waals surface area contributed by atoms with E-state index >= 15 is 0 Å². The van der Waals surface area contributed by atoms with E-state index in [1.54, 1.807) is 16.7 Å². The van der Waals surface area contributed by atoms with Gasteiger partial charge in [0.1, 0.15) is 0 Å². The first kappa shape index (κ1) is 39.5. The maximum atomic E-state index is 7.48. The molecule has 0 saturated carbocycles. The number of nitrogens with zero attached hydrogens (tertiary/aromatic N) is 3. The number of allylic oxidation sites excluding steroid dienone is 1. The van der Waals surface area contributed by atoms with Gasteiger partial charge in [0.25, 0.3) is 0 Å². The van der Waals surface area contributed by atoms with Gasteiger partial charge in [-0.1, -0.05) is 95.8 Å². The first-order valence-electron chi connectivity index (χ1n) is 19.2. The molecule has 3 saturated heterocycles. The largest absolute Gasteiger partial charge is 0.301 e. The molecular formula is C44H75N3. The summed E-state index contributed by atoms with van der Waals surface area (Å²) in [6.45, 7) is 25.0. The van der Waals surface area contributed by atoms with Crippen molar-refractivity contribution in [3.8, 4) is 0 Å². The second kappa shape index (κ2) is 19.3. The smallest absolute Gasteiger partial charge is 0.0267 e. The lowest BCUT2D eigenvalue weighted by Crippen LogP contribution is -2.44. The van der Waals surface area contributed by atoms with E-state index in [0.29, 0.717) is 29.0 Å². The third kappa shape index (κ3) is 10.1. The van der Waals surface area contributed by atoms with Gasteiger partial charge < -0.3 is 14.7 Å².